The SMILES string of the molecule is CCOC(=O)C1=C(C)N=c2s/c(=C\c3cc(Br)ccc3O)c(=O)n2[C@@H]1c1ccc(OC)c(OC)c1. The molecule has 1 aliphatic rings. The first-order chi connectivity index (χ1) is 16.8. The predicted octanol–water partition coefficient (Wildman–Crippen LogP) is 3.28. The van der Waals surface area contributed by atoms with Gasteiger partial charge in [0.05, 0.1) is 42.7 Å². The topological polar surface area (TPSA) is 99.4 Å². The Morgan fingerprint density at radius 3 is 2.63 bits per heavy atom. The Morgan fingerprint density at radius 2 is 1.94 bits per heavy atom. The van der Waals surface area contributed by atoms with Gasteiger partial charge in [0.25, 0.3) is 5.56 Å². The van der Waals surface area contributed by atoms with Crippen molar-refractivity contribution in [3.05, 3.63) is 83.0 Å². The number of aromatic nitrogens is 1. The van der Waals surface area contributed by atoms with E-state index >= 15 is 0 Å². The Balaban J connectivity index is 1.99. The number of esters is 1. The van der Waals surface area contributed by atoms with E-state index in [-0.39, 0.29) is 23.5 Å². The summed E-state index contributed by atoms with van der Waals surface area (Å²) < 4.78 is 18.7. The Bertz CT molecular complexity index is 1520. The number of rotatable bonds is 6. The average Bonchev–Trinajstić information content (AvgIpc) is 3.14. The molecule has 10 heteroatoms. The molecule has 2 aromatic carbocycles. The number of carbonyl (C=O) groups excluding carboxylic acids is 1. The average molecular weight is 559 g/mol. The minimum absolute atomic E-state index is 0.0406. The molecule has 0 bridgehead atoms. The highest BCUT2D eigenvalue weighted by Crippen LogP contribution is 2.36. The van der Waals surface area contributed by atoms with Gasteiger partial charge >= 0.3 is 5.97 Å². The number of benzene rings is 2. The number of thiazole rings is 1. The summed E-state index contributed by atoms with van der Waals surface area (Å²) in [6, 6.07) is 9.42. The molecule has 0 spiro atoms. The molecule has 0 radical (unpaired) electrons. The number of phenols is 1. The van der Waals surface area contributed by atoms with Crippen molar-refractivity contribution in [2.75, 3.05) is 20.8 Å². The van der Waals surface area contributed by atoms with E-state index in [0.29, 0.717) is 37.7 Å². The summed E-state index contributed by atoms with van der Waals surface area (Å²) in [6.45, 7) is 3.62. The van der Waals surface area contributed by atoms with E-state index < -0.39 is 12.0 Å². The lowest BCUT2D eigenvalue weighted by Crippen LogP contribution is -2.40. The quantitative estimate of drug-likeness (QED) is 0.466. The van der Waals surface area contributed by atoms with Crippen LogP contribution in [0.25, 0.3) is 6.08 Å². The summed E-state index contributed by atoms with van der Waals surface area (Å²) in [5.74, 6) is 0.475. The van der Waals surface area contributed by atoms with Crippen LogP contribution >= 0.6 is 27.3 Å². The maximum absolute atomic E-state index is 13.7. The van der Waals surface area contributed by atoms with Crippen molar-refractivity contribution in [3.8, 4) is 17.2 Å². The molecule has 3 aromatic rings. The van der Waals surface area contributed by atoms with Crippen LogP contribution < -0.4 is 24.4 Å². The van der Waals surface area contributed by atoms with E-state index in [2.05, 4.69) is 20.9 Å². The highest BCUT2D eigenvalue weighted by atomic mass is 79.9. The van der Waals surface area contributed by atoms with Crippen molar-refractivity contribution in [1.82, 2.24) is 4.57 Å². The van der Waals surface area contributed by atoms with Gasteiger partial charge in [-0.15, -0.1) is 0 Å². The molecule has 1 aliphatic heterocycles. The molecule has 35 heavy (non-hydrogen) atoms. The minimum Gasteiger partial charge on any atom is -0.507 e. The number of hydrogen-bond donors (Lipinski definition) is 1. The molecule has 0 fully saturated rings. The number of halogens is 1. The van der Waals surface area contributed by atoms with Gasteiger partial charge in [0.1, 0.15) is 5.75 Å². The van der Waals surface area contributed by atoms with Gasteiger partial charge < -0.3 is 19.3 Å². The van der Waals surface area contributed by atoms with E-state index in [1.165, 1.54) is 30.1 Å². The van der Waals surface area contributed by atoms with Gasteiger partial charge in [0, 0.05) is 10.0 Å². The lowest BCUT2D eigenvalue weighted by molar-refractivity contribution is -0.139. The first kappa shape index (κ1) is 24.7. The normalized spacial score (nSPS) is 15.5. The number of carbonyl (C=O) groups is 1. The van der Waals surface area contributed by atoms with Crippen LogP contribution in [0.1, 0.15) is 31.0 Å². The second-order valence-corrected chi connectivity index (χ2v) is 9.54. The van der Waals surface area contributed by atoms with Crippen LogP contribution in [0.15, 0.2) is 61.9 Å². The van der Waals surface area contributed by atoms with Crippen molar-refractivity contribution in [1.29, 1.82) is 0 Å². The van der Waals surface area contributed by atoms with Crippen LogP contribution in [-0.2, 0) is 9.53 Å². The number of aromatic hydroxyl groups is 1. The molecule has 1 N–H and O–H groups in total. The molecule has 1 atom stereocenters. The first-order valence-corrected chi connectivity index (χ1v) is 12.3. The fraction of sp³-hybridized carbons (Fsp3) is 0.240. The Hall–Kier alpha value is -3.37. The van der Waals surface area contributed by atoms with Crippen molar-refractivity contribution < 1.29 is 24.1 Å². The number of nitrogens with zero attached hydrogens (tertiary/aromatic N) is 2. The van der Waals surface area contributed by atoms with Gasteiger partial charge in [-0.05, 0) is 55.8 Å². The predicted molar refractivity (Wildman–Crippen MR) is 136 cm³/mol. The Morgan fingerprint density at radius 1 is 1.20 bits per heavy atom. The van der Waals surface area contributed by atoms with Gasteiger partial charge in [-0.25, -0.2) is 9.79 Å². The van der Waals surface area contributed by atoms with Crippen LogP contribution in [-0.4, -0.2) is 36.5 Å². The third-order valence-corrected chi connectivity index (χ3v) is 6.99. The van der Waals surface area contributed by atoms with E-state index in [1.807, 2.05) is 0 Å². The van der Waals surface area contributed by atoms with Crippen LogP contribution in [0.3, 0.4) is 0 Å². The molecule has 0 saturated carbocycles. The second kappa shape index (κ2) is 10.1. The second-order valence-electron chi connectivity index (χ2n) is 7.62. The molecular weight excluding hydrogens is 536 g/mol. The zero-order valence-electron chi connectivity index (χ0n) is 19.5. The number of methoxy groups -OCH3 is 2. The zero-order valence-corrected chi connectivity index (χ0v) is 21.9. The smallest absolute Gasteiger partial charge is 0.338 e. The fourth-order valence-corrected chi connectivity index (χ4v) is 5.33. The number of phenolic OH excluding ortho intramolecular Hbond substituents is 1. The lowest BCUT2D eigenvalue weighted by atomic mass is 9.95. The fourth-order valence-electron chi connectivity index (χ4n) is 3.91. The van der Waals surface area contributed by atoms with Gasteiger partial charge in [-0.1, -0.05) is 33.3 Å². The standard InChI is InChI=1S/C25H23BrN2O6S/c1-5-34-24(31)21-13(2)27-25-28(22(21)14-6-9-18(32-3)19(11-14)33-4)23(30)20(35-25)12-15-10-16(26)7-8-17(15)29/h6-12,22,29H,5H2,1-4H3/b20-12-/t22-/m1/s1. The van der Waals surface area contributed by atoms with E-state index in [0.717, 1.165) is 4.47 Å². The maximum atomic E-state index is 13.7. The summed E-state index contributed by atoms with van der Waals surface area (Å²) in [5.41, 5.74) is 1.50. The monoisotopic (exact) mass is 558 g/mol. The maximum Gasteiger partial charge on any atom is 0.338 e. The third-order valence-electron chi connectivity index (χ3n) is 5.52. The molecule has 182 valence electrons. The van der Waals surface area contributed by atoms with Crippen LogP contribution in [0.2, 0.25) is 0 Å². The molecule has 0 aliphatic carbocycles. The minimum atomic E-state index is -0.789. The van der Waals surface area contributed by atoms with Crippen LogP contribution in [0, 0.1) is 0 Å². The molecule has 1 aromatic heterocycles. The summed E-state index contributed by atoms with van der Waals surface area (Å²) in [7, 11) is 3.05. The Kier molecular flexibility index (Phi) is 7.13. The number of hydrogen-bond acceptors (Lipinski definition) is 8. The van der Waals surface area contributed by atoms with Crippen molar-refractivity contribution in [3.63, 3.8) is 0 Å². The first-order valence-electron chi connectivity index (χ1n) is 10.7. The van der Waals surface area contributed by atoms with Gasteiger partial charge in [-0.3, -0.25) is 9.36 Å². The largest absolute Gasteiger partial charge is 0.507 e. The van der Waals surface area contributed by atoms with E-state index in [1.54, 1.807) is 56.3 Å². The Labute approximate surface area is 213 Å². The summed E-state index contributed by atoms with van der Waals surface area (Å²) in [5, 5.41) is 10.3. The highest BCUT2D eigenvalue weighted by Gasteiger charge is 2.34. The summed E-state index contributed by atoms with van der Waals surface area (Å²) >= 11 is 4.57. The molecule has 2 heterocycles. The molecule has 0 saturated heterocycles. The molecule has 4 rings (SSSR count). The molecule has 0 amide bonds. The van der Waals surface area contributed by atoms with Crippen LogP contribution in [0.5, 0.6) is 17.2 Å². The lowest BCUT2D eigenvalue weighted by Gasteiger charge is -2.25. The van der Waals surface area contributed by atoms with Gasteiger partial charge in [0.2, 0.25) is 0 Å². The number of fused-ring (bicyclic) bond motifs is 1. The summed E-state index contributed by atoms with van der Waals surface area (Å²) in [6.07, 6.45) is 1.61. The zero-order chi connectivity index (χ0) is 25.3. The summed E-state index contributed by atoms with van der Waals surface area (Å²) in [4.78, 5) is 31.7. The highest BCUT2D eigenvalue weighted by molar-refractivity contribution is 9.10. The van der Waals surface area contributed by atoms with Crippen molar-refractivity contribution >= 4 is 39.3 Å². The molecule has 8 nitrogen and oxygen atoms in total. The molecular formula is C25H23BrN2O6S. The van der Waals surface area contributed by atoms with Gasteiger partial charge in [-0.2, -0.15) is 0 Å². The van der Waals surface area contributed by atoms with Crippen molar-refractivity contribution in [2.45, 2.75) is 19.9 Å². The van der Waals surface area contributed by atoms with E-state index in [4.69, 9.17) is 14.2 Å². The molecule has 0 unspecified atom stereocenters. The number of allylic oxidation sites excluding steroid dienone is 1. The van der Waals surface area contributed by atoms with Crippen molar-refractivity contribution in [2.24, 2.45) is 4.99 Å². The van der Waals surface area contributed by atoms with Crippen LogP contribution in [0.4, 0.5) is 0 Å². The number of ether oxygens (including phenoxy) is 3. The van der Waals surface area contributed by atoms with Gasteiger partial charge in [0.15, 0.2) is 16.3 Å². The van der Waals surface area contributed by atoms with E-state index in [9.17, 15) is 14.7 Å². The third kappa shape index (κ3) is 4.63.